The van der Waals surface area contributed by atoms with E-state index in [0.29, 0.717) is 11.3 Å². The summed E-state index contributed by atoms with van der Waals surface area (Å²) in [6.45, 7) is 13.7. The van der Waals surface area contributed by atoms with E-state index in [1.165, 1.54) is 35.1 Å². The van der Waals surface area contributed by atoms with Crippen LogP contribution in [0.15, 0.2) is 60.7 Å². The van der Waals surface area contributed by atoms with E-state index in [4.69, 9.17) is 0 Å². The summed E-state index contributed by atoms with van der Waals surface area (Å²) in [5.41, 5.74) is 9.12. The molecule has 0 saturated heterocycles. The monoisotopic (exact) mass is 481 g/mol. The molecule has 36 heavy (non-hydrogen) atoms. The van der Waals surface area contributed by atoms with Gasteiger partial charge in [0.2, 0.25) is 0 Å². The summed E-state index contributed by atoms with van der Waals surface area (Å²) in [6, 6.07) is 19.7. The number of rotatable bonds is 6. The second-order valence-electron chi connectivity index (χ2n) is 11.5. The largest absolute Gasteiger partial charge is 0.508 e. The van der Waals surface area contributed by atoms with Crippen LogP contribution in [-0.4, -0.2) is 11.0 Å². The molecule has 0 aliphatic heterocycles. The molecule has 3 aromatic carbocycles. The second-order valence-corrected chi connectivity index (χ2v) is 11.5. The van der Waals surface area contributed by atoms with Crippen LogP contribution < -0.4 is 5.32 Å². The molecule has 0 radical (unpaired) electrons. The van der Waals surface area contributed by atoms with Crippen molar-refractivity contribution in [2.75, 3.05) is 5.32 Å². The van der Waals surface area contributed by atoms with Crippen molar-refractivity contribution in [1.82, 2.24) is 0 Å². The van der Waals surface area contributed by atoms with Gasteiger partial charge in [-0.05, 0) is 101 Å². The lowest BCUT2D eigenvalue weighted by atomic mass is 9.63. The van der Waals surface area contributed by atoms with Crippen LogP contribution in [-0.2, 0) is 17.3 Å². The van der Waals surface area contributed by atoms with Gasteiger partial charge in [-0.1, -0.05) is 77.4 Å². The molecule has 0 bridgehead atoms. The molecule has 0 heterocycles. The maximum atomic E-state index is 13.2. The molecule has 3 nitrogen and oxygen atoms in total. The van der Waals surface area contributed by atoms with Gasteiger partial charge in [0.15, 0.2) is 0 Å². The van der Waals surface area contributed by atoms with Gasteiger partial charge < -0.3 is 10.4 Å². The number of allylic oxidation sites excluding steroid dienone is 1. The van der Waals surface area contributed by atoms with Crippen molar-refractivity contribution in [3.8, 4) is 5.75 Å². The molecule has 2 N–H and O–H groups in total. The Morgan fingerprint density at radius 1 is 0.917 bits per heavy atom. The van der Waals surface area contributed by atoms with E-state index >= 15 is 0 Å². The summed E-state index contributed by atoms with van der Waals surface area (Å²) in [5, 5.41) is 12.5. The molecule has 1 aliphatic carbocycles. The standard InChI is InChI=1S/C33H39NO2/c1-7-8-24-10-9-23(20-28(24)31(36)34-26-12-14-27(35)15-13-26)19-22(2)25-11-16-29-30(21-25)33(5,6)18-17-32(29,3)4/h9-16,19-21,35H,7-8,17-18H2,1-6H3,(H,34,36)/b22-19+. The van der Waals surface area contributed by atoms with E-state index in [1.54, 1.807) is 24.3 Å². The summed E-state index contributed by atoms with van der Waals surface area (Å²) in [7, 11) is 0. The first-order valence-electron chi connectivity index (χ1n) is 13.1. The Morgan fingerprint density at radius 2 is 1.58 bits per heavy atom. The topological polar surface area (TPSA) is 49.3 Å². The molecular formula is C33H39NO2. The summed E-state index contributed by atoms with van der Waals surface area (Å²) in [6.07, 6.45) is 6.39. The lowest BCUT2D eigenvalue weighted by Crippen LogP contribution is -2.33. The molecule has 3 heteroatoms. The minimum absolute atomic E-state index is 0.130. The highest BCUT2D eigenvalue weighted by molar-refractivity contribution is 6.05. The van der Waals surface area contributed by atoms with Gasteiger partial charge >= 0.3 is 0 Å². The van der Waals surface area contributed by atoms with E-state index in [2.05, 4.69) is 83.3 Å². The van der Waals surface area contributed by atoms with Gasteiger partial charge in [0.25, 0.3) is 5.91 Å². The molecule has 1 amide bonds. The Kier molecular flexibility index (Phi) is 7.13. The molecule has 4 rings (SSSR count). The first-order chi connectivity index (χ1) is 17.0. The number of anilines is 1. The van der Waals surface area contributed by atoms with Gasteiger partial charge in [0, 0.05) is 11.3 Å². The van der Waals surface area contributed by atoms with Crippen molar-refractivity contribution < 1.29 is 9.90 Å². The van der Waals surface area contributed by atoms with E-state index in [9.17, 15) is 9.90 Å². The van der Waals surface area contributed by atoms with Gasteiger partial charge in [-0.3, -0.25) is 4.79 Å². The Hall–Kier alpha value is -3.33. The van der Waals surface area contributed by atoms with Crippen molar-refractivity contribution in [3.63, 3.8) is 0 Å². The Morgan fingerprint density at radius 3 is 2.25 bits per heavy atom. The van der Waals surface area contributed by atoms with E-state index in [0.717, 1.165) is 24.0 Å². The van der Waals surface area contributed by atoms with Crippen molar-refractivity contribution in [1.29, 1.82) is 0 Å². The predicted octanol–water partition coefficient (Wildman–Crippen LogP) is 8.51. The number of fused-ring (bicyclic) bond motifs is 1. The lowest BCUT2D eigenvalue weighted by Gasteiger charge is -2.42. The van der Waals surface area contributed by atoms with Crippen LogP contribution in [0.2, 0.25) is 0 Å². The number of phenols is 1. The maximum absolute atomic E-state index is 13.2. The molecule has 0 spiro atoms. The average molecular weight is 482 g/mol. The molecule has 188 valence electrons. The van der Waals surface area contributed by atoms with Crippen LogP contribution in [0.3, 0.4) is 0 Å². The van der Waals surface area contributed by atoms with Gasteiger partial charge in [-0.15, -0.1) is 0 Å². The number of carbonyl (C=O) groups excluding carboxylic acids is 1. The van der Waals surface area contributed by atoms with Gasteiger partial charge in [-0.25, -0.2) is 0 Å². The molecule has 0 fully saturated rings. The first-order valence-corrected chi connectivity index (χ1v) is 13.1. The van der Waals surface area contributed by atoms with Crippen LogP contribution in [0.4, 0.5) is 5.69 Å². The number of hydrogen-bond donors (Lipinski definition) is 2. The van der Waals surface area contributed by atoms with Crippen LogP contribution in [0.25, 0.3) is 11.6 Å². The molecule has 0 aromatic heterocycles. The van der Waals surface area contributed by atoms with Crippen molar-refractivity contribution in [2.24, 2.45) is 0 Å². The molecule has 0 atom stereocenters. The molecular weight excluding hydrogens is 442 g/mol. The lowest BCUT2D eigenvalue weighted by molar-refractivity contribution is 0.102. The number of aryl methyl sites for hydroxylation is 1. The Labute approximate surface area is 216 Å². The Balaban J connectivity index is 1.67. The fourth-order valence-corrected chi connectivity index (χ4v) is 5.29. The third-order valence-electron chi connectivity index (χ3n) is 7.71. The van der Waals surface area contributed by atoms with Gasteiger partial charge in [0.05, 0.1) is 0 Å². The minimum Gasteiger partial charge on any atom is -0.508 e. The van der Waals surface area contributed by atoms with E-state index < -0.39 is 0 Å². The number of nitrogens with one attached hydrogen (secondary N) is 1. The number of hydrogen-bond acceptors (Lipinski definition) is 2. The van der Waals surface area contributed by atoms with Gasteiger partial charge in [-0.2, -0.15) is 0 Å². The number of aromatic hydroxyl groups is 1. The zero-order valence-electron chi connectivity index (χ0n) is 22.5. The minimum atomic E-state index is -0.130. The average Bonchev–Trinajstić information content (AvgIpc) is 2.84. The summed E-state index contributed by atoms with van der Waals surface area (Å²) < 4.78 is 0. The zero-order valence-corrected chi connectivity index (χ0v) is 22.5. The van der Waals surface area contributed by atoms with Crippen molar-refractivity contribution in [2.45, 2.75) is 78.1 Å². The van der Waals surface area contributed by atoms with E-state index in [1.807, 2.05) is 6.07 Å². The number of benzene rings is 3. The van der Waals surface area contributed by atoms with Gasteiger partial charge in [0.1, 0.15) is 5.75 Å². The summed E-state index contributed by atoms with van der Waals surface area (Å²) in [5.74, 6) is 0.0474. The highest BCUT2D eigenvalue weighted by atomic mass is 16.3. The highest BCUT2D eigenvalue weighted by Gasteiger charge is 2.36. The maximum Gasteiger partial charge on any atom is 0.255 e. The summed E-state index contributed by atoms with van der Waals surface area (Å²) >= 11 is 0. The fraction of sp³-hybridized carbons (Fsp3) is 0.364. The van der Waals surface area contributed by atoms with Crippen molar-refractivity contribution >= 4 is 23.2 Å². The third-order valence-corrected chi connectivity index (χ3v) is 7.71. The van der Waals surface area contributed by atoms with Crippen molar-refractivity contribution in [3.05, 3.63) is 94.0 Å². The first kappa shape index (κ1) is 25.8. The van der Waals surface area contributed by atoms with E-state index in [-0.39, 0.29) is 22.5 Å². The summed E-state index contributed by atoms with van der Waals surface area (Å²) in [4.78, 5) is 13.2. The molecule has 1 aliphatic rings. The number of carbonyl (C=O) groups is 1. The smallest absolute Gasteiger partial charge is 0.255 e. The van der Waals surface area contributed by atoms with Crippen LogP contribution in [0, 0.1) is 0 Å². The SMILES string of the molecule is CCCc1ccc(/C=C(\C)c2ccc3c(c2)C(C)(C)CCC3(C)C)cc1C(=O)Nc1ccc(O)cc1. The molecule has 0 saturated carbocycles. The van der Waals surface area contributed by atoms with Crippen LogP contribution >= 0.6 is 0 Å². The third kappa shape index (κ3) is 5.41. The van der Waals surface area contributed by atoms with Crippen LogP contribution in [0.5, 0.6) is 5.75 Å². The quantitative estimate of drug-likeness (QED) is 0.274. The normalized spacial score (nSPS) is 16.3. The molecule has 0 unspecified atom stereocenters. The number of amides is 1. The number of phenolic OH excluding ortho intramolecular Hbond substituents is 1. The predicted molar refractivity (Wildman–Crippen MR) is 152 cm³/mol. The van der Waals surface area contributed by atoms with Crippen LogP contribution in [0.1, 0.15) is 99.0 Å². The zero-order chi connectivity index (χ0) is 26.1. The second kappa shape index (κ2) is 9.97. The molecule has 3 aromatic rings. The fourth-order valence-electron chi connectivity index (χ4n) is 5.29. The highest BCUT2D eigenvalue weighted by Crippen LogP contribution is 2.46. The Bertz CT molecular complexity index is 1300.